The zero-order valence-electron chi connectivity index (χ0n) is 17.2. The second kappa shape index (κ2) is 11.5. The fourth-order valence-electron chi connectivity index (χ4n) is 2.86. The minimum atomic E-state index is -0.486. The molecule has 0 unspecified atom stereocenters. The van der Waals surface area contributed by atoms with E-state index in [2.05, 4.69) is 6.92 Å². The Kier molecular flexibility index (Phi) is 9.00. The zero-order chi connectivity index (χ0) is 21.2. The minimum Gasteiger partial charge on any atom is -0.462 e. The number of rotatable bonds is 10. The standard InChI is InChI=1S/C23H28ClNO4/c1-4-7-14-25(21(26)11-5-2)20-16-17(23(27)28-6-3)15-19(24)22(20)29-18-12-9-8-10-13-18/h8-10,12-13,15-16H,4-7,11,14H2,1-3H3. The minimum absolute atomic E-state index is 0.0315. The Morgan fingerprint density at radius 2 is 1.76 bits per heavy atom. The number of unbranched alkanes of at least 4 members (excludes halogenated alkanes) is 1. The fraction of sp³-hybridized carbons (Fsp3) is 0.391. The third-order valence-electron chi connectivity index (χ3n) is 4.29. The van der Waals surface area contributed by atoms with Crippen molar-refractivity contribution in [2.24, 2.45) is 0 Å². The van der Waals surface area contributed by atoms with Gasteiger partial charge in [0, 0.05) is 13.0 Å². The molecular formula is C23H28ClNO4. The van der Waals surface area contributed by atoms with Gasteiger partial charge in [-0.15, -0.1) is 0 Å². The number of ether oxygens (including phenoxy) is 2. The van der Waals surface area contributed by atoms with E-state index < -0.39 is 5.97 Å². The van der Waals surface area contributed by atoms with Crippen LogP contribution in [0.5, 0.6) is 11.5 Å². The van der Waals surface area contributed by atoms with E-state index >= 15 is 0 Å². The van der Waals surface area contributed by atoms with E-state index in [1.54, 1.807) is 17.9 Å². The van der Waals surface area contributed by atoms with Crippen molar-refractivity contribution in [2.45, 2.75) is 46.5 Å². The van der Waals surface area contributed by atoms with Crippen molar-refractivity contribution in [2.75, 3.05) is 18.1 Å². The number of para-hydroxylation sites is 1. The summed E-state index contributed by atoms with van der Waals surface area (Å²) in [4.78, 5) is 26.9. The van der Waals surface area contributed by atoms with Crippen LogP contribution >= 0.6 is 11.6 Å². The van der Waals surface area contributed by atoms with Crippen molar-refractivity contribution in [3.05, 3.63) is 53.1 Å². The predicted octanol–water partition coefficient (Wildman–Crippen LogP) is 6.24. The molecule has 156 valence electrons. The van der Waals surface area contributed by atoms with Crippen LogP contribution in [0.15, 0.2) is 42.5 Å². The molecule has 0 radical (unpaired) electrons. The van der Waals surface area contributed by atoms with Crippen LogP contribution in [0, 0.1) is 0 Å². The fourth-order valence-corrected chi connectivity index (χ4v) is 3.12. The largest absolute Gasteiger partial charge is 0.462 e. The van der Waals surface area contributed by atoms with Crippen molar-refractivity contribution < 1.29 is 19.1 Å². The van der Waals surface area contributed by atoms with Crippen LogP contribution in [0.3, 0.4) is 0 Å². The lowest BCUT2D eigenvalue weighted by atomic mass is 10.1. The number of hydrogen-bond acceptors (Lipinski definition) is 4. The SMILES string of the molecule is CCCCN(C(=O)CCC)c1cc(C(=O)OCC)cc(Cl)c1Oc1ccccc1. The average molecular weight is 418 g/mol. The van der Waals surface area contributed by atoms with Crippen LogP contribution in [-0.4, -0.2) is 25.0 Å². The lowest BCUT2D eigenvalue weighted by Gasteiger charge is -2.26. The summed E-state index contributed by atoms with van der Waals surface area (Å²) in [7, 11) is 0. The van der Waals surface area contributed by atoms with Crippen LogP contribution in [0.4, 0.5) is 5.69 Å². The summed E-state index contributed by atoms with van der Waals surface area (Å²) in [5.41, 5.74) is 0.773. The van der Waals surface area contributed by atoms with Gasteiger partial charge < -0.3 is 14.4 Å². The lowest BCUT2D eigenvalue weighted by molar-refractivity contribution is -0.118. The summed E-state index contributed by atoms with van der Waals surface area (Å²) < 4.78 is 11.2. The molecule has 0 heterocycles. The summed E-state index contributed by atoms with van der Waals surface area (Å²) in [6.07, 6.45) is 2.87. The van der Waals surface area contributed by atoms with Crippen molar-refractivity contribution in [3.63, 3.8) is 0 Å². The van der Waals surface area contributed by atoms with Crippen molar-refractivity contribution in [1.29, 1.82) is 0 Å². The molecule has 0 bridgehead atoms. The van der Waals surface area contributed by atoms with E-state index in [9.17, 15) is 9.59 Å². The Bertz CT molecular complexity index is 823. The zero-order valence-corrected chi connectivity index (χ0v) is 18.0. The van der Waals surface area contributed by atoms with Crippen LogP contribution in [0.25, 0.3) is 0 Å². The van der Waals surface area contributed by atoms with Gasteiger partial charge in [0.25, 0.3) is 0 Å². The molecule has 0 aromatic heterocycles. The molecule has 0 aliphatic rings. The molecule has 0 aliphatic carbocycles. The highest BCUT2D eigenvalue weighted by Crippen LogP contribution is 2.40. The van der Waals surface area contributed by atoms with Gasteiger partial charge in [0.05, 0.1) is 22.9 Å². The van der Waals surface area contributed by atoms with Gasteiger partial charge in [-0.2, -0.15) is 0 Å². The predicted molar refractivity (Wildman–Crippen MR) is 116 cm³/mol. The Hall–Kier alpha value is -2.53. The van der Waals surface area contributed by atoms with Gasteiger partial charge in [-0.25, -0.2) is 4.79 Å². The first-order chi connectivity index (χ1) is 14.0. The summed E-state index contributed by atoms with van der Waals surface area (Å²) in [5, 5.41) is 0.250. The van der Waals surface area contributed by atoms with E-state index in [0.717, 1.165) is 19.3 Å². The quantitative estimate of drug-likeness (QED) is 0.429. The van der Waals surface area contributed by atoms with E-state index in [-0.39, 0.29) is 23.1 Å². The van der Waals surface area contributed by atoms with Crippen molar-refractivity contribution in [1.82, 2.24) is 0 Å². The number of anilines is 1. The first-order valence-corrected chi connectivity index (χ1v) is 10.4. The molecule has 0 fully saturated rings. The van der Waals surface area contributed by atoms with Gasteiger partial charge in [0.2, 0.25) is 5.91 Å². The lowest BCUT2D eigenvalue weighted by Crippen LogP contribution is -2.32. The number of hydrogen-bond donors (Lipinski definition) is 0. The monoisotopic (exact) mass is 417 g/mol. The van der Waals surface area contributed by atoms with Gasteiger partial charge in [-0.1, -0.05) is 50.1 Å². The molecule has 6 heteroatoms. The first kappa shape index (κ1) is 22.8. The van der Waals surface area contributed by atoms with Crippen molar-refractivity contribution in [3.8, 4) is 11.5 Å². The maximum Gasteiger partial charge on any atom is 0.338 e. The van der Waals surface area contributed by atoms with Gasteiger partial charge in [0.15, 0.2) is 5.75 Å². The molecule has 0 spiro atoms. The molecule has 0 atom stereocenters. The summed E-state index contributed by atoms with van der Waals surface area (Å²) in [6, 6.07) is 12.4. The van der Waals surface area contributed by atoms with Gasteiger partial charge in [0.1, 0.15) is 5.75 Å². The van der Waals surface area contributed by atoms with Crippen molar-refractivity contribution >= 4 is 29.2 Å². The van der Waals surface area contributed by atoms with Crippen LogP contribution in [0.2, 0.25) is 5.02 Å². The van der Waals surface area contributed by atoms with Gasteiger partial charge in [-0.05, 0) is 44.0 Å². The number of halogens is 1. The molecule has 5 nitrogen and oxygen atoms in total. The number of nitrogens with zero attached hydrogens (tertiary/aromatic N) is 1. The molecule has 0 saturated carbocycles. The third kappa shape index (κ3) is 6.23. The molecule has 1 amide bonds. The molecule has 0 N–H and O–H groups in total. The highest BCUT2D eigenvalue weighted by atomic mass is 35.5. The number of carbonyl (C=O) groups is 2. The van der Waals surface area contributed by atoms with E-state index in [0.29, 0.717) is 30.2 Å². The average Bonchev–Trinajstić information content (AvgIpc) is 2.71. The maximum absolute atomic E-state index is 12.9. The van der Waals surface area contributed by atoms with Crippen LogP contribution in [0.1, 0.15) is 56.8 Å². The van der Waals surface area contributed by atoms with E-state index in [1.165, 1.54) is 6.07 Å². The molecule has 29 heavy (non-hydrogen) atoms. The molecular weight excluding hydrogens is 390 g/mol. The second-order valence-corrected chi connectivity index (χ2v) is 7.00. The highest BCUT2D eigenvalue weighted by molar-refractivity contribution is 6.33. The maximum atomic E-state index is 12.9. The van der Waals surface area contributed by atoms with Gasteiger partial charge in [-0.3, -0.25) is 4.79 Å². The molecule has 0 aliphatic heterocycles. The number of esters is 1. The molecule has 2 rings (SSSR count). The second-order valence-electron chi connectivity index (χ2n) is 6.59. The Morgan fingerprint density at radius 3 is 2.38 bits per heavy atom. The molecule has 2 aromatic carbocycles. The third-order valence-corrected chi connectivity index (χ3v) is 4.57. The Balaban J connectivity index is 2.57. The Labute approximate surface area is 177 Å². The van der Waals surface area contributed by atoms with E-state index in [4.69, 9.17) is 21.1 Å². The van der Waals surface area contributed by atoms with Gasteiger partial charge >= 0.3 is 5.97 Å². The summed E-state index contributed by atoms with van der Waals surface area (Å²) in [6.45, 7) is 6.53. The smallest absolute Gasteiger partial charge is 0.338 e. The van der Waals surface area contributed by atoms with E-state index in [1.807, 2.05) is 37.3 Å². The first-order valence-electron chi connectivity index (χ1n) is 10.1. The summed E-state index contributed by atoms with van der Waals surface area (Å²) in [5.74, 6) is 0.431. The number of benzene rings is 2. The number of amides is 1. The van der Waals surface area contributed by atoms with Crippen LogP contribution < -0.4 is 9.64 Å². The summed E-state index contributed by atoms with van der Waals surface area (Å²) >= 11 is 6.52. The number of carbonyl (C=O) groups excluding carboxylic acids is 2. The normalized spacial score (nSPS) is 10.5. The Morgan fingerprint density at radius 1 is 1.03 bits per heavy atom. The van der Waals surface area contributed by atoms with Crippen LogP contribution in [-0.2, 0) is 9.53 Å². The highest BCUT2D eigenvalue weighted by Gasteiger charge is 2.24. The molecule has 0 saturated heterocycles. The molecule has 2 aromatic rings. The topological polar surface area (TPSA) is 55.8 Å².